The number of ether oxygens (including phenoxy) is 2. The molecule has 0 radical (unpaired) electrons. The summed E-state index contributed by atoms with van der Waals surface area (Å²) in [6.45, 7) is 4.12. The van der Waals surface area contributed by atoms with E-state index in [0.717, 1.165) is 23.6 Å². The standard InChI is InChI=1S/C14H20N2O6/c1-3-4-5-21-6-7-22-13(17)10-15-9-12(16(19)20)8-11(2)14(15)18/h8-9H,3-7,10H2,1-2H3. The maximum atomic E-state index is 11.8. The van der Waals surface area contributed by atoms with Crippen molar-refractivity contribution >= 4 is 11.7 Å². The van der Waals surface area contributed by atoms with E-state index in [1.54, 1.807) is 0 Å². The van der Waals surface area contributed by atoms with Crippen LogP contribution in [0.25, 0.3) is 0 Å². The number of carbonyl (C=O) groups is 1. The zero-order valence-corrected chi connectivity index (χ0v) is 12.7. The molecule has 122 valence electrons. The number of nitro groups is 1. The lowest BCUT2D eigenvalue weighted by Crippen LogP contribution is -2.27. The number of nitrogens with zero attached hydrogens (tertiary/aromatic N) is 2. The highest BCUT2D eigenvalue weighted by molar-refractivity contribution is 5.69. The van der Waals surface area contributed by atoms with Crippen molar-refractivity contribution < 1.29 is 19.2 Å². The molecule has 0 spiro atoms. The number of unbranched alkanes of at least 4 members (excludes halogenated alkanes) is 1. The molecule has 0 aliphatic heterocycles. The summed E-state index contributed by atoms with van der Waals surface area (Å²) in [7, 11) is 0. The smallest absolute Gasteiger partial charge is 0.326 e. The highest BCUT2D eigenvalue weighted by atomic mass is 16.6. The van der Waals surface area contributed by atoms with E-state index in [1.807, 2.05) is 6.92 Å². The minimum atomic E-state index is -0.638. The minimum absolute atomic E-state index is 0.0885. The van der Waals surface area contributed by atoms with E-state index in [9.17, 15) is 19.7 Å². The van der Waals surface area contributed by atoms with E-state index in [4.69, 9.17) is 9.47 Å². The van der Waals surface area contributed by atoms with Gasteiger partial charge in [-0.15, -0.1) is 0 Å². The van der Waals surface area contributed by atoms with Crippen molar-refractivity contribution in [3.8, 4) is 0 Å². The van der Waals surface area contributed by atoms with Crippen molar-refractivity contribution in [2.75, 3.05) is 19.8 Å². The maximum Gasteiger partial charge on any atom is 0.326 e. The fourth-order valence-corrected chi connectivity index (χ4v) is 1.73. The first-order valence-corrected chi connectivity index (χ1v) is 7.04. The molecule has 0 aromatic carbocycles. The van der Waals surface area contributed by atoms with Crippen molar-refractivity contribution in [3.63, 3.8) is 0 Å². The van der Waals surface area contributed by atoms with Gasteiger partial charge in [0.15, 0.2) is 0 Å². The van der Waals surface area contributed by atoms with Crippen LogP contribution in [-0.4, -0.2) is 35.3 Å². The molecule has 0 amide bonds. The second-order valence-electron chi connectivity index (χ2n) is 4.76. The lowest BCUT2D eigenvalue weighted by Gasteiger charge is -2.08. The Labute approximate surface area is 127 Å². The Balaban J connectivity index is 2.54. The third-order valence-electron chi connectivity index (χ3n) is 2.89. The average molecular weight is 312 g/mol. The van der Waals surface area contributed by atoms with E-state index in [1.165, 1.54) is 13.0 Å². The molecule has 0 aliphatic rings. The van der Waals surface area contributed by atoms with Gasteiger partial charge in [0.25, 0.3) is 11.2 Å². The van der Waals surface area contributed by atoms with Gasteiger partial charge >= 0.3 is 5.97 Å². The highest BCUT2D eigenvalue weighted by Crippen LogP contribution is 2.09. The molecule has 0 N–H and O–H groups in total. The second-order valence-corrected chi connectivity index (χ2v) is 4.76. The van der Waals surface area contributed by atoms with Crippen LogP contribution in [0, 0.1) is 17.0 Å². The van der Waals surface area contributed by atoms with Crippen molar-refractivity contribution in [1.82, 2.24) is 4.57 Å². The van der Waals surface area contributed by atoms with Crippen LogP contribution in [0.3, 0.4) is 0 Å². The van der Waals surface area contributed by atoms with Crippen molar-refractivity contribution in [3.05, 3.63) is 38.3 Å². The minimum Gasteiger partial charge on any atom is -0.462 e. The van der Waals surface area contributed by atoms with Gasteiger partial charge in [-0.05, 0) is 13.3 Å². The Kier molecular flexibility index (Phi) is 7.24. The molecule has 0 aliphatic carbocycles. The van der Waals surface area contributed by atoms with Crippen LogP contribution >= 0.6 is 0 Å². The first-order valence-electron chi connectivity index (χ1n) is 7.04. The van der Waals surface area contributed by atoms with E-state index in [0.29, 0.717) is 6.61 Å². The molecular weight excluding hydrogens is 292 g/mol. The third-order valence-corrected chi connectivity index (χ3v) is 2.89. The van der Waals surface area contributed by atoms with E-state index >= 15 is 0 Å². The number of carbonyl (C=O) groups excluding carboxylic acids is 1. The molecule has 22 heavy (non-hydrogen) atoms. The summed E-state index contributed by atoms with van der Waals surface area (Å²) < 4.78 is 11.1. The van der Waals surface area contributed by atoms with Crippen molar-refractivity contribution in [1.29, 1.82) is 0 Å². The topological polar surface area (TPSA) is 101 Å². The van der Waals surface area contributed by atoms with Gasteiger partial charge in [-0.3, -0.25) is 24.3 Å². The molecule has 0 atom stereocenters. The first kappa shape index (κ1) is 17.8. The number of pyridine rings is 1. The number of aromatic nitrogens is 1. The highest BCUT2D eigenvalue weighted by Gasteiger charge is 2.14. The number of rotatable bonds is 9. The normalized spacial score (nSPS) is 10.5. The summed E-state index contributed by atoms with van der Waals surface area (Å²) in [6, 6.07) is 1.17. The average Bonchev–Trinajstić information content (AvgIpc) is 2.47. The first-order chi connectivity index (χ1) is 10.5. The third kappa shape index (κ3) is 5.65. The van der Waals surface area contributed by atoms with Gasteiger partial charge in [0, 0.05) is 18.2 Å². The molecule has 0 fully saturated rings. The van der Waals surface area contributed by atoms with Gasteiger partial charge in [-0.1, -0.05) is 13.3 Å². The number of hydrogen-bond donors (Lipinski definition) is 0. The van der Waals surface area contributed by atoms with Crippen LogP contribution in [0.4, 0.5) is 5.69 Å². The van der Waals surface area contributed by atoms with E-state index in [-0.39, 0.29) is 31.0 Å². The molecule has 0 saturated heterocycles. The SMILES string of the molecule is CCCCOCCOC(=O)Cn1cc([N+](=O)[O-])cc(C)c1=O. The van der Waals surface area contributed by atoms with Crippen LogP contribution in [-0.2, 0) is 20.8 Å². The molecule has 0 unspecified atom stereocenters. The number of esters is 1. The largest absolute Gasteiger partial charge is 0.462 e. The Bertz CT molecular complexity index is 581. The Hall–Kier alpha value is -2.22. The van der Waals surface area contributed by atoms with Crippen LogP contribution in [0.2, 0.25) is 0 Å². The fourth-order valence-electron chi connectivity index (χ4n) is 1.73. The molecule has 1 aromatic rings. The lowest BCUT2D eigenvalue weighted by molar-refractivity contribution is -0.385. The molecular formula is C14H20N2O6. The number of aryl methyl sites for hydroxylation is 1. The molecule has 0 saturated carbocycles. The van der Waals surface area contributed by atoms with Crippen LogP contribution in [0.15, 0.2) is 17.1 Å². The van der Waals surface area contributed by atoms with Gasteiger partial charge in [0.1, 0.15) is 13.2 Å². The predicted octanol–water partition coefficient (Wildman–Crippen LogP) is 1.42. The summed E-state index contributed by atoms with van der Waals surface area (Å²) >= 11 is 0. The Morgan fingerprint density at radius 3 is 2.73 bits per heavy atom. The quantitative estimate of drug-likeness (QED) is 0.296. The molecule has 0 bridgehead atoms. The molecule has 1 rings (SSSR count). The summed E-state index contributed by atoms with van der Waals surface area (Å²) in [5, 5.41) is 10.8. The summed E-state index contributed by atoms with van der Waals surface area (Å²) in [5.74, 6) is -0.638. The second kappa shape index (κ2) is 8.93. The molecule has 8 heteroatoms. The van der Waals surface area contributed by atoms with Crippen LogP contribution in [0.1, 0.15) is 25.3 Å². The van der Waals surface area contributed by atoms with Crippen LogP contribution in [0.5, 0.6) is 0 Å². The van der Waals surface area contributed by atoms with Gasteiger partial charge in [-0.25, -0.2) is 0 Å². The van der Waals surface area contributed by atoms with Crippen molar-refractivity contribution in [2.24, 2.45) is 0 Å². The summed E-state index contributed by atoms with van der Waals surface area (Å²) in [6.07, 6.45) is 3.00. The maximum absolute atomic E-state index is 11.8. The predicted molar refractivity (Wildman–Crippen MR) is 78.8 cm³/mol. The molecule has 8 nitrogen and oxygen atoms in total. The fraction of sp³-hybridized carbons (Fsp3) is 0.571. The van der Waals surface area contributed by atoms with E-state index in [2.05, 4.69) is 0 Å². The Morgan fingerprint density at radius 2 is 2.09 bits per heavy atom. The van der Waals surface area contributed by atoms with Crippen molar-refractivity contribution in [2.45, 2.75) is 33.2 Å². The van der Waals surface area contributed by atoms with Gasteiger partial charge in [-0.2, -0.15) is 0 Å². The van der Waals surface area contributed by atoms with Gasteiger partial charge in [0.05, 0.1) is 17.7 Å². The summed E-state index contributed by atoms with van der Waals surface area (Å²) in [5.41, 5.74) is -0.501. The number of hydrogen-bond acceptors (Lipinski definition) is 6. The molecule has 1 heterocycles. The summed E-state index contributed by atoms with van der Waals surface area (Å²) in [4.78, 5) is 33.6. The zero-order chi connectivity index (χ0) is 16.5. The lowest BCUT2D eigenvalue weighted by atomic mass is 10.3. The monoisotopic (exact) mass is 312 g/mol. The molecule has 1 aromatic heterocycles. The zero-order valence-electron chi connectivity index (χ0n) is 12.7. The Morgan fingerprint density at radius 1 is 1.36 bits per heavy atom. The van der Waals surface area contributed by atoms with E-state index < -0.39 is 16.5 Å². The van der Waals surface area contributed by atoms with Crippen LogP contribution < -0.4 is 5.56 Å². The van der Waals surface area contributed by atoms with Gasteiger partial charge in [0.2, 0.25) is 0 Å². The van der Waals surface area contributed by atoms with Gasteiger partial charge < -0.3 is 9.47 Å².